The van der Waals surface area contributed by atoms with E-state index in [-0.39, 0.29) is 19.0 Å². The molecule has 0 aliphatic carbocycles. The van der Waals surface area contributed by atoms with Crippen molar-refractivity contribution in [1.29, 1.82) is 0 Å². The van der Waals surface area contributed by atoms with Crippen molar-refractivity contribution in [2.45, 2.75) is 13.0 Å². The zero-order chi connectivity index (χ0) is 17.6. The van der Waals surface area contributed by atoms with Crippen LogP contribution in [0.1, 0.15) is 5.56 Å². The predicted molar refractivity (Wildman–Crippen MR) is 94.0 cm³/mol. The maximum absolute atomic E-state index is 11.9. The predicted octanol–water partition coefficient (Wildman–Crippen LogP) is 2.10. The Kier molecular flexibility index (Phi) is 5.09. The largest absolute Gasteiger partial charge is 0.481 e. The van der Waals surface area contributed by atoms with Crippen molar-refractivity contribution in [1.82, 2.24) is 15.1 Å². The molecule has 1 atom stereocenters. The number of nitrogens with one attached hydrogen (secondary N) is 1. The van der Waals surface area contributed by atoms with E-state index >= 15 is 0 Å². The van der Waals surface area contributed by atoms with E-state index in [1.54, 1.807) is 18.5 Å². The molecule has 0 radical (unpaired) electrons. The minimum atomic E-state index is -0.924. The number of amides is 1. The fraction of sp³-hybridized carbons (Fsp3) is 0.211. The van der Waals surface area contributed by atoms with Gasteiger partial charge in [0.2, 0.25) is 5.91 Å². The highest BCUT2D eigenvalue weighted by atomic mass is 16.4. The molecule has 3 rings (SSSR count). The summed E-state index contributed by atoms with van der Waals surface area (Å²) in [5, 5.41) is 18.3. The van der Waals surface area contributed by atoms with Crippen LogP contribution in [-0.2, 0) is 22.6 Å². The average molecular weight is 337 g/mol. The summed E-state index contributed by atoms with van der Waals surface area (Å²) in [6, 6.07) is 15.6. The standard InChI is InChI=1S/C19H19N3O3/c23-18(13-22-9-3-8-21-22)20-12-17(19(24)25)11-14-6-7-15-4-1-2-5-16(15)10-14/h1-10,17H,11-13H2,(H,20,23)(H,24,25). The quantitative estimate of drug-likeness (QED) is 0.691. The van der Waals surface area contributed by atoms with Crippen molar-refractivity contribution in [3.05, 3.63) is 66.5 Å². The maximum atomic E-state index is 11.9. The fourth-order valence-corrected chi connectivity index (χ4v) is 2.73. The van der Waals surface area contributed by atoms with Gasteiger partial charge in [0.05, 0.1) is 5.92 Å². The van der Waals surface area contributed by atoms with Crippen LogP contribution < -0.4 is 5.32 Å². The van der Waals surface area contributed by atoms with E-state index in [1.807, 2.05) is 42.5 Å². The fourth-order valence-electron chi connectivity index (χ4n) is 2.73. The Morgan fingerprint density at radius 2 is 1.92 bits per heavy atom. The summed E-state index contributed by atoms with van der Waals surface area (Å²) in [6.45, 7) is 0.164. The normalized spacial score (nSPS) is 12.0. The van der Waals surface area contributed by atoms with Crippen LogP contribution in [0.25, 0.3) is 10.8 Å². The Morgan fingerprint density at radius 3 is 2.64 bits per heavy atom. The van der Waals surface area contributed by atoms with Crippen LogP contribution in [0.3, 0.4) is 0 Å². The second-order valence-electron chi connectivity index (χ2n) is 5.93. The first-order valence-corrected chi connectivity index (χ1v) is 8.06. The van der Waals surface area contributed by atoms with Gasteiger partial charge in [-0.1, -0.05) is 42.5 Å². The highest BCUT2D eigenvalue weighted by Crippen LogP contribution is 2.18. The molecular weight excluding hydrogens is 318 g/mol. The monoisotopic (exact) mass is 337 g/mol. The molecule has 2 N–H and O–H groups in total. The van der Waals surface area contributed by atoms with Crippen molar-refractivity contribution in [3.8, 4) is 0 Å². The van der Waals surface area contributed by atoms with Crippen molar-refractivity contribution < 1.29 is 14.7 Å². The number of aliphatic carboxylic acids is 1. The molecule has 0 saturated carbocycles. The highest BCUT2D eigenvalue weighted by molar-refractivity contribution is 5.83. The van der Waals surface area contributed by atoms with Crippen LogP contribution in [0, 0.1) is 5.92 Å². The summed E-state index contributed by atoms with van der Waals surface area (Å²) in [5.74, 6) is -1.86. The topological polar surface area (TPSA) is 84.2 Å². The third-order valence-electron chi connectivity index (χ3n) is 4.06. The molecule has 1 aromatic heterocycles. The Labute approximate surface area is 145 Å². The molecule has 0 bridgehead atoms. The smallest absolute Gasteiger partial charge is 0.308 e. The summed E-state index contributed by atoms with van der Waals surface area (Å²) >= 11 is 0. The molecule has 0 saturated heterocycles. The summed E-state index contributed by atoms with van der Waals surface area (Å²) in [5.41, 5.74) is 0.937. The van der Waals surface area contributed by atoms with Crippen LogP contribution >= 0.6 is 0 Å². The van der Waals surface area contributed by atoms with Gasteiger partial charge in [0.25, 0.3) is 0 Å². The lowest BCUT2D eigenvalue weighted by molar-refractivity contribution is -0.141. The molecular formula is C19H19N3O3. The number of carbonyl (C=O) groups is 2. The molecule has 1 amide bonds. The third-order valence-corrected chi connectivity index (χ3v) is 4.06. The van der Waals surface area contributed by atoms with Crippen LogP contribution in [0.4, 0.5) is 0 Å². The minimum Gasteiger partial charge on any atom is -0.481 e. The lowest BCUT2D eigenvalue weighted by Crippen LogP contribution is -2.36. The van der Waals surface area contributed by atoms with E-state index in [4.69, 9.17) is 0 Å². The lowest BCUT2D eigenvalue weighted by atomic mass is 9.97. The molecule has 2 aromatic carbocycles. The van der Waals surface area contributed by atoms with Gasteiger partial charge in [0.1, 0.15) is 6.54 Å². The van der Waals surface area contributed by atoms with Gasteiger partial charge in [-0.05, 0) is 28.8 Å². The Morgan fingerprint density at radius 1 is 1.12 bits per heavy atom. The number of carbonyl (C=O) groups excluding carboxylic acids is 1. The van der Waals surface area contributed by atoms with Crippen molar-refractivity contribution in [3.63, 3.8) is 0 Å². The van der Waals surface area contributed by atoms with Gasteiger partial charge in [0, 0.05) is 18.9 Å². The first kappa shape index (κ1) is 16.7. The second kappa shape index (κ2) is 7.61. The number of hydrogen-bond acceptors (Lipinski definition) is 3. The number of carboxylic acids is 1. The summed E-state index contributed by atoms with van der Waals surface area (Å²) in [6.07, 6.45) is 3.64. The zero-order valence-electron chi connectivity index (χ0n) is 13.6. The summed E-state index contributed by atoms with van der Waals surface area (Å²) in [4.78, 5) is 23.4. The molecule has 0 spiro atoms. The second-order valence-corrected chi connectivity index (χ2v) is 5.93. The molecule has 1 unspecified atom stereocenters. The number of nitrogens with zero attached hydrogens (tertiary/aromatic N) is 2. The van der Waals surface area contributed by atoms with E-state index in [0.29, 0.717) is 6.42 Å². The minimum absolute atomic E-state index is 0.0787. The van der Waals surface area contributed by atoms with Gasteiger partial charge >= 0.3 is 5.97 Å². The van der Waals surface area contributed by atoms with Gasteiger partial charge in [-0.15, -0.1) is 0 Å². The molecule has 1 heterocycles. The van der Waals surface area contributed by atoms with Crippen LogP contribution in [-0.4, -0.2) is 33.3 Å². The van der Waals surface area contributed by atoms with Crippen molar-refractivity contribution >= 4 is 22.6 Å². The summed E-state index contributed by atoms with van der Waals surface area (Å²) in [7, 11) is 0. The number of benzene rings is 2. The van der Waals surface area contributed by atoms with E-state index in [0.717, 1.165) is 16.3 Å². The molecule has 6 nitrogen and oxygen atoms in total. The first-order valence-electron chi connectivity index (χ1n) is 8.06. The Balaban J connectivity index is 1.62. The molecule has 6 heteroatoms. The molecule has 25 heavy (non-hydrogen) atoms. The van der Waals surface area contributed by atoms with Crippen molar-refractivity contribution in [2.24, 2.45) is 5.92 Å². The number of fused-ring (bicyclic) bond motifs is 1. The van der Waals surface area contributed by atoms with Gasteiger partial charge < -0.3 is 10.4 Å². The average Bonchev–Trinajstić information content (AvgIpc) is 3.11. The van der Waals surface area contributed by atoms with Gasteiger partial charge in [-0.3, -0.25) is 14.3 Å². The van der Waals surface area contributed by atoms with Crippen LogP contribution in [0.15, 0.2) is 60.9 Å². The van der Waals surface area contributed by atoms with Crippen LogP contribution in [0.2, 0.25) is 0 Å². The van der Waals surface area contributed by atoms with E-state index < -0.39 is 11.9 Å². The molecule has 0 aliphatic heterocycles. The summed E-state index contributed by atoms with van der Waals surface area (Å²) < 4.78 is 1.49. The van der Waals surface area contributed by atoms with Crippen molar-refractivity contribution in [2.75, 3.05) is 6.54 Å². The van der Waals surface area contributed by atoms with E-state index in [1.165, 1.54) is 4.68 Å². The van der Waals surface area contributed by atoms with E-state index in [2.05, 4.69) is 10.4 Å². The van der Waals surface area contributed by atoms with Gasteiger partial charge in [0.15, 0.2) is 0 Å². The highest BCUT2D eigenvalue weighted by Gasteiger charge is 2.19. The molecule has 3 aromatic rings. The maximum Gasteiger partial charge on any atom is 0.308 e. The van der Waals surface area contributed by atoms with Gasteiger partial charge in [-0.25, -0.2) is 0 Å². The lowest BCUT2D eigenvalue weighted by Gasteiger charge is -2.14. The Hall–Kier alpha value is -3.15. The van der Waals surface area contributed by atoms with E-state index in [9.17, 15) is 14.7 Å². The third kappa shape index (κ3) is 4.44. The van der Waals surface area contributed by atoms with Gasteiger partial charge in [-0.2, -0.15) is 5.10 Å². The van der Waals surface area contributed by atoms with Crippen LogP contribution in [0.5, 0.6) is 0 Å². The number of aromatic nitrogens is 2. The first-order chi connectivity index (χ1) is 12.1. The number of hydrogen-bond donors (Lipinski definition) is 2. The Bertz CT molecular complexity index is 875. The number of carboxylic acid groups (broad SMARTS) is 1. The number of rotatable bonds is 7. The SMILES string of the molecule is O=C(Cn1cccn1)NCC(Cc1ccc2ccccc2c1)C(=O)O. The molecule has 0 aliphatic rings. The zero-order valence-corrected chi connectivity index (χ0v) is 13.6. The molecule has 0 fully saturated rings. The molecule has 128 valence electrons.